The summed E-state index contributed by atoms with van der Waals surface area (Å²) in [6.45, 7) is 13.3. The Morgan fingerprint density at radius 3 is 2.31 bits per heavy atom. The van der Waals surface area contributed by atoms with Gasteiger partial charge < -0.3 is 9.30 Å². The Morgan fingerprint density at radius 2 is 1.54 bits per heavy atom. The van der Waals surface area contributed by atoms with Gasteiger partial charge in [0.1, 0.15) is 5.82 Å². The molecular formula is C42H40N4OPd. The minimum Gasteiger partial charge on any atom is -0.509 e. The Morgan fingerprint density at radius 1 is 0.750 bits per heavy atom. The molecule has 0 aliphatic carbocycles. The molecule has 7 rings (SSSR count). The van der Waals surface area contributed by atoms with Gasteiger partial charge in [-0.05, 0) is 70.6 Å². The van der Waals surface area contributed by atoms with Crippen LogP contribution in [0.2, 0.25) is 0 Å². The van der Waals surface area contributed by atoms with Crippen molar-refractivity contribution in [1.29, 1.82) is 0 Å². The van der Waals surface area contributed by atoms with Crippen LogP contribution >= 0.6 is 0 Å². The number of benzene rings is 4. The van der Waals surface area contributed by atoms with Gasteiger partial charge in [0.25, 0.3) is 0 Å². The van der Waals surface area contributed by atoms with Crippen molar-refractivity contribution in [2.45, 2.75) is 66.2 Å². The molecule has 0 bridgehead atoms. The second kappa shape index (κ2) is 13.6. The van der Waals surface area contributed by atoms with E-state index in [1.54, 1.807) is 0 Å². The summed E-state index contributed by atoms with van der Waals surface area (Å²) >= 11 is 0. The summed E-state index contributed by atoms with van der Waals surface area (Å²) in [4.78, 5) is 4.75. The van der Waals surface area contributed by atoms with E-state index in [-0.39, 0.29) is 25.8 Å². The fourth-order valence-corrected chi connectivity index (χ4v) is 6.46. The number of hydrogen-bond acceptors (Lipinski definition) is 3. The van der Waals surface area contributed by atoms with E-state index in [0.717, 1.165) is 58.3 Å². The van der Waals surface area contributed by atoms with Gasteiger partial charge in [-0.1, -0.05) is 89.5 Å². The van der Waals surface area contributed by atoms with Gasteiger partial charge >= 0.3 is 20.4 Å². The fourth-order valence-electron chi connectivity index (χ4n) is 6.46. The first-order valence-electron chi connectivity index (χ1n) is 16.6. The summed E-state index contributed by atoms with van der Waals surface area (Å²) in [6, 6.07) is 38.7. The molecule has 0 radical (unpaired) electrons. The molecule has 5 nitrogen and oxygen atoms in total. The SMILES string of the molecule is CCc1ccnc(-n2c3[c-]c(Oc4[c-]c(-n5nc(CC)c(-c6cccc(C(C)(C)C)c6)c5CC)ccc4)ccc3c3ccccc32)c1.[Pd+2]. The van der Waals surface area contributed by atoms with Gasteiger partial charge in [0.15, 0.2) is 0 Å². The van der Waals surface area contributed by atoms with Gasteiger partial charge in [0, 0.05) is 34.5 Å². The van der Waals surface area contributed by atoms with E-state index in [2.05, 4.69) is 125 Å². The molecule has 0 N–H and O–H groups in total. The van der Waals surface area contributed by atoms with Gasteiger partial charge in [-0.3, -0.25) is 4.68 Å². The van der Waals surface area contributed by atoms with E-state index in [1.807, 2.05) is 35.1 Å². The molecule has 0 atom stereocenters. The molecule has 0 aliphatic heterocycles. The second-order valence-electron chi connectivity index (χ2n) is 13.0. The predicted molar refractivity (Wildman–Crippen MR) is 192 cm³/mol. The van der Waals surface area contributed by atoms with Crippen LogP contribution in [0.25, 0.3) is 44.4 Å². The molecule has 4 aromatic carbocycles. The first-order valence-corrected chi connectivity index (χ1v) is 16.6. The van der Waals surface area contributed by atoms with Gasteiger partial charge in [0.05, 0.1) is 5.69 Å². The van der Waals surface area contributed by atoms with Crippen LogP contribution in [-0.4, -0.2) is 19.3 Å². The molecule has 3 heterocycles. The van der Waals surface area contributed by atoms with Crippen molar-refractivity contribution < 1.29 is 25.2 Å². The van der Waals surface area contributed by atoms with Crippen LogP contribution in [0, 0.1) is 12.1 Å². The topological polar surface area (TPSA) is 44.9 Å². The summed E-state index contributed by atoms with van der Waals surface area (Å²) in [7, 11) is 0. The molecule has 244 valence electrons. The summed E-state index contributed by atoms with van der Waals surface area (Å²) < 4.78 is 10.7. The van der Waals surface area contributed by atoms with Crippen molar-refractivity contribution in [2.24, 2.45) is 0 Å². The summed E-state index contributed by atoms with van der Waals surface area (Å²) in [5.41, 5.74) is 10.2. The van der Waals surface area contributed by atoms with Crippen molar-refractivity contribution in [3.63, 3.8) is 0 Å². The number of fused-ring (bicyclic) bond motifs is 3. The molecule has 0 unspecified atom stereocenters. The van der Waals surface area contributed by atoms with Crippen molar-refractivity contribution in [1.82, 2.24) is 19.3 Å². The molecule has 3 aromatic heterocycles. The maximum absolute atomic E-state index is 6.47. The quantitative estimate of drug-likeness (QED) is 0.116. The Bertz CT molecular complexity index is 2240. The van der Waals surface area contributed by atoms with Gasteiger partial charge in [-0.2, -0.15) is 17.2 Å². The van der Waals surface area contributed by atoms with Crippen LogP contribution in [0.4, 0.5) is 0 Å². The minimum absolute atomic E-state index is 0. The minimum atomic E-state index is 0. The molecule has 0 saturated heterocycles. The Balaban J connectivity index is 0.00000401. The van der Waals surface area contributed by atoms with Crippen LogP contribution in [0.15, 0.2) is 97.2 Å². The number of rotatable bonds is 8. The monoisotopic (exact) mass is 722 g/mol. The number of nitrogens with zero attached hydrogens (tertiary/aromatic N) is 4. The van der Waals surface area contributed by atoms with Gasteiger partial charge in [-0.15, -0.1) is 35.7 Å². The van der Waals surface area contributed by atoms with Crippen LogP contribution in [0.3, 0.4) is 0 Å². The van der Waals surface area contributed by atoms with E-state index in [0.29, 0.717) is 11.5 Å². The van der Waals surface area contributed by atoms with Crippen molar-refractivity contribution in [3.8, 4) is 34.1 Å². The van der Waals surface area contributed by atoms with Crippen molar-refractivity contribution >= 4 is 21.8 Å². The van der Waals surface area contributed by atoms with Crippen LogP contribution < -0.4 is 4.74 Å². The van der Waals surface area contributed by atoms with Gasteiger partial charge in [0.2, 0.25) is 0 Å². The zero-order valence-corrected chi connectivity index (χ0v) is 29.9. The fraction of sp³-hybridized carbons (Fsp3) is 0.238. The molecule has 0 spiro atoms. The summed E-state index contributed by atoms with van der Waals surface area (Å²) in [5.74, 6) is 2.10. The predicted octanol–water partition coefficient (Wildman–Crippen LogP) is 10.4. The zero-order chi connectivity index (χ0) is 32.7. The average molecular weight is 723 g/mol. The molecule has 0 saturated carbocycles. The average Bonchev–Trinajstić information content (AvgIpc) is 3.63. The molecular weight excluding hydrogens is 683 g/mol. The number of ether oxygens (including phenoxy) is 1. The summed E-state index contributed by atoms with van der Waals surface area (Å²) in [5, 5.41) is 7.38. The number of pyridine rings is 1. The van der Waals surface area contributed by atoms with E-state index >= 15 is 0 Å². The number of para-hydroxylation sites is 1. The third-order valence-corrected chi connectivity index (χ3v) is 8.95. The molecule has 0 amide bonds. The van der Waals surface area contributed by atoms with Crippen molar-refractivity contribution in [3.05, 3.63) is 132 Å². The molecule has 0 fully saturated rings. The van der Waals surface area contributed by atoms with Crippen LogP contribution in [0.1, 0.15) is 64.1 Å². The van der Waals surface area contributed by atoms with Crippen LogP contribution in [-0.2, 0) is 45.1 Å². The molecule has 0 aliphatic rings. The number of aromatic nitrogens is 4. The third kappa shape index (κ3) is 6.12. The zero-order valence-electron chi connectivity index (χ0n) is 28.4. The number of aryl methyl sites for hydroxylation is 2. The largest absolute Gasteiger partial charge is 2.00 e. The van der Waals surface area contributed by atoms with E-state index < -0.39 is 0 Å². The smallest absolute Gasteiger partial charge is 0.509 e. The molecule has 6 heteroatoms. The Kier molecular flexibility index (Phi) is 9.43. The van der Waals surface area contributed by atoms with Crippen LogP contribution in [0.5, 0.6) is 11.5 Å². The molecule has 48 heavy (non-hydrogen) atoms. The first kappa shape index (κ1) is 33.4. The first-order chi connectivity index (χ1) is 22.8. The summed E-state index contributed by atoms with van der Waals surface area (Å²) in [6.07, 6.45) is 4.50. The second-order valence-corrected chi connectivity index (χ2v) is 13.0. The standard InChI is InChI=1S/C42H40N4O.Pd/c1-7-28-22-23-43-40(24-28)45-38-19-11-10-18-34(38)35-21-20-33(27-39(35)45)47-32-17-13-16-31(26-32)46-37(9-3)41(36(8-2)44-46)29-14-12-15-30(25-29)42(4,5)6;/h10-25H,7-9H2,1-6H3;/q-2;+2. The maximum Gasteiger partial charge on any atom is 2.00 e. The van der Waals surface area contributed by atoms with E-state index in [4.69, 9.17) is 14.8 Å². The molecule has 7 aromatic rings. The van der Waals surface area contributed by atoms with E-state index in [9.17, 15) is 0 Å². The normalized spacial score (nSPS) is 11.6. The Labute approximate surface area is 297 Å². The third-order valence-electron chi connectivity index (χ3n) is 8.95. The van der Waals surface area contributed by atoms with Gasteiger partial charge in [-0.25, -0.2) is 4.98 Å². The Hall–Kier alpha value is -4.50. The van der Waals surface area contributed by atoms with E-state index in [1.165, 1.54) is 27.9 Å². The number of hydrogen-bond donors (Lipinski definition) is 0. The maximum atomic E-state index is 6.47. The van der Waals surface area contributed by atoms with Crippen molar-refractivity contribution in [2.75, 3.05) is 0 Å².